The molecule has 0 bridgehead atoms. The molecule has 3 saturated carbocycles. The predicted octanol–water partition coefficient (Wildman–Crippen LogP) is 10.2. The third kappa shape index (κ3) is 23.5. The fourth-order valence-corrected chi connectivity index (χ4v) is 25.0. The summed E-state index contributed by atoms with van der Waals surface area (Å²) in [4.78, 5) is 67.2. The zero-order chi connectivity index (χ0) is 83.7. The van der Waals surface area contributed by atoms with E-state index in [-0.39, 0.29) is 120 Å². The molecule has 8 saturated heterocycles. The summed E-state index contributed by atoms with van der Waals surface area (Å²) in [6.45, 7) is 30.5. The Balaban J connectivity index is 0.000000173. The Morgan fingerprint density at radius 1 is 0.445 bits per heavy atom. The van der Waals surface area contributed by atoms with Crippen LogP contribution in [0, 0.1) is 62.9 Å². The number of ketones is 1. The molecule has 11 fully saturated rings. The Bertz CT molecular complexity index is 4400. The molecular formula is C85H124B2Br2F3N15O9S3. The fraction of sp³-hybridized carbons (Fsp3) is 0.659. The minimum Gasteiger partial charge on any atom is -0.338 e. The number of piperazine rings is 3. The van der Waals surface area contributed by atoms with Gasteiger partial charge in [-0.2, -0.15) is 0 Å². The van der Waals surface area contributed by atoms with Crippen LogP contribution in [-0.4, -0.2) is 284 Å². The van der Waals surface area contributed by atoms with E-state index in [0.29, 0.717) is 125 Å². The summed E-state index contributed by atoms with van der Waals surface area (Å²) >= 11 is 0. The van der Waals surface area contributed by atoms with Gasteiger partial charge in [0, 0.05) is 194 Å². The van der Waals surface area contributed by atoms with Gasteiger partial charge in [0.05, 0.1) is 49.7 Å². The second-order valence-electron chi connectivity index (χ2n) is 34.5. The highest BCUT2D eigenvalue weighted by molar-refractivity contribution is 8.93. The van der Waals surface area contributed by atoms with Crippen molar-refractivity contribution in [2.24, 2.45) is 17.8 Å². The number of hydrogen-bond donors (Lipinski definition) is 2. The Kier molecular flexibility index (Phi) is 34.4. The molecule has 10 heterocycles. The summed E-state index contributed by atoms with van der Waals surface area (Å²) in [5.41, 5.74) is 7.05. The number of halogens is 5. The summed E-state index contributed by atoms with van der Waals surface area (Å²) in [7, 11) is -1.37. The maximum Gasteiger partial charge on any atom is 0.257 e. The smallest absolute Gasteiger partial charge is 0.257 e. The van der Waals surface area contributed by atoms with E-state index in [0.717, 1.165) is 177 Å². The van der Waals surface area contributed by atoms with Crippen LogP contribution in [0.2, 0.25) is 0 Å². The summed E-state index contributed by atoms with van der Waals surface area (Å²) in [5, 5.41) is 6.40. The van der Waals surface area contributed by atoms with E-state index in [2.05, 4.69) is 93.3 Å². The van der Waals surface area contributed by atoms with Crippen molar-refractivity contribution < 1.29 is 52.8 Å². The van der Waals surface area contributed by atoms with Gasteiger partial charge in [-0.25, -0.2) is 71.3 Å². The van der Waals surface area contributed by atoms with Crippen molar-refractivity contribution in [2.75, 3.05) is 124 Å². The molecule has 4 radical (unpaired) electrons. The van der Waals surface area contributed by atoms with E-state index in [1.54, 1.807) is 68.1 Å². The van der Waals surface area contributed by atoms with Gasteiger partial charge in [-0.15, -0.1) is 34.0 Å². The van der Waals surface area contributed by atoms with Crippen LogP contribution in [0.15, 0.2) is 85.5 Å². The highest BCUT2D eigenvalue weighted by atomic mass is 79.9. The van der Waals surface area contributed by atoms with Gasteiger partial charge < -0.3 is 20.4 Å². The van der Waals surface area contributed by atoms with Crippen LogP contribution in [0.4, 0.5) is 13.2 Å². The van der Waals surface area contributed by atoms with Gasteiger partial charge in [0.2, 0.25) is 30.1 Å². The van der Waals surface area contributed by atoms with E-state index in [4.69, 9.17) is 0 Å². The van der Waals surface area contributed by atoms with Crippen LogP contribution in [0.5, 0.6) is 0 Å². The molecule has 0 unspecified atom stereocenters. The molecule has 3 aliphatic carbocycles. The lowest BCUT2D eigenvalue weighted by Crippen LogP contribution is -2.63. The molecular weight excluding hydrogens is 1710 g/mol. The topological polar surface area (TPSA) is 258 Å². The largest absolute Gasteiger partial charge is 0.338 e. The van der Waals surface area contributed by atoms with E-state index in [1.165, 1.54) is 30.9 Å². The van der Waals surface area contributed by atoms with Crippen LogP contribution in [0.3, 0.4) is 0 Å². The molecule has 3 aromatic carbocycles. The van der Waals surface area contributed by atoms with Crippen molar-refractivity contribution in [3.63, 3.8) is 0 Å². The maximum atomic E-state index is 14.5. The summed E-state index contributed by atoms with van der Waals surface area (Å²) in [6.07, 6.45) is 15.4. The number of sulfonamides is 3. The predicted molar refractivity (Wildman–Crippen MR) is 471 cm³/mol. The van der Waals surface area contributed by atoms with Crippen molar-refractivity contribution in [1.82, 2.24) is 72.9 Å². The zero-order valence-electron chi connectivity index (χ0n) is 70.6. The van der Waals surface area contributed by atoms with Crippen molar-refractivity contribution in [3.05, 3.63) is 153 Å². The van der Waals surface area contributed by atoms with Crippen molar-refractivity contribution in [3.8, 4) is 0 Å². The third-order valence-electron chi connectivity index (χ3n) is 26.6. The van der Waals surface area contributed by atoms with Crippen LogP contribution >= 0.6 is 34.0 Å². The van der Waals surface area contributed by atoms with Gasteiger partial charge in [-0.1, -0.05) is 36.4 Å². The number of hydrogen-bond acceptors (Lipinski definition) is 19. The SMILES string of the molecule is Br.Br.C[C@H]1CNCCN1[C@@H](c1cccc(F)c1)C1CCN(S(=O)(=O)C2CC2)CC1.C[C@H]1CNCCN1[C@@H](c1cccc(F)c1)C1CCN(S(=O)(=O)C2CC2)CC1.Cc1ncnc(C)c1C(=O)N1CCC(=O)CC1.Cc1ncnc(C)c1C(=O)N1CCC(C)(N2CCN([C@@H](c3cccc(F)c3)C3CCN(S(=O)(=O)C4CC4)CC3)[C@@H](C)C2)CC1.[B][B]. The minimum atomic E-state index is -3.18. The molecule has 24 nitrogen and oxygen atoms in total. The number of benzene rings is 3. The molecule has 2 amide bonds. The Labute approximate surface area is 729 Å². The quantitative estimate of drug-likeness (QED) is 0.0773. The highest BCUT2D eigenvalue weighted by Crippen LogP contribution is 2.45. The second kappa shape index (κ2) is 42.7. The van der Waals surface area contributed by atoms with E-state index >= 15 is 0 Å². The number of nitrogens with zero attached hydrogens (tertiary/aromatic N) is 13. The van der Waals surface area contributed by atoms with E-state index in [9.17, 15) is 52.8 Å². The number of Topliss-reactive ketones (excluding diaryl/α,β-unsaturated/α-hetero) is 1. The third-order valence-corrected chi connectivity index (χ3v) is 33.8. The number of nitrogens with one attached hydrogen (secondary N) is 2. The monoisotopic (exact) mass is 1830 g/mol. The fourth-order valence-electron chi connectivity index (χ4n) is 19.3. The van der Waals surface area contributed by atoms with Crippen molar-refractivity contribution >= 4 is 97.1 Å². The Morgan fingerprint density at radius 3 is 1.05 bits per heavy atom. The molecule has 652 valence electrons. The van der Waals surface area contributed by atoms with Gasteiger partial charge in [-0.3, -0.25) is 34.0 Å². The molecule has 34 heteroatoms. The Hall–Kier alpha value is -5.20. The lowest BCUT2D eigenvalue weighted by atomic mass is 9.81. The normalized spacial score (nSPS) is 24.2. The molecule has 16 rings (SSSR count). The second-order valence-corrected chi connectivity index (χ2v) is 41.2. The zero-order valence-corrected chi connectivity index (χ0v) is 76.5. The average Bonchev–Trinajstić information content (AvgIpc) is 1.19. The van der Waals surface area contributed by atoms with Gasteiger partial charge >= 0.3 is 0 Å². The number of carbonyl (C=O) groups is 3. The molecule has 2 aromatic heterocycles. The van der Waals surface area contributed by atoms with Gasteiger partial charge in [0.15, 0.2) is 0 Å². The molecule has 2 N–H and O–H groups in total. The number of likely N-dealkylation sites (tertiary alicyclic amines) is 2. The van der Waals surface area contributed by atoms with Crippen LogP contribution < -0.4 is 10.6 Å². The number of rotatable bonds is 18. The number of carbonyl (C=O) groups excluding carboxylic acids is 3. The number of aromatic nitrogens is 4. The van der Waals surface area contributed by atoms with Crippen LogP contribution in [0.1, 0.15) is 209 Å². The van der Waals surface area contributed by atoms with E-state index in [1.807, 2.05) is 36.9 Å². The summed E-state index contributed by atoms with van der Waals surface area (Å²) in [5.74, 6) is 0.512. The highest BCUT2D eigenvalue weighted by Gasteiger charge is 2.49. The first kappa shape index (κ1) is 96.0. The molecule has 5 aromatic rings. The number of piperidine rings is 5. The van der Waals surface area contributed by atoms with Crippen LogP contribution in [-0.2, 0) is 34.9 Å². The lowest BCUT2D eigenvalue weighted by Gasteiger charge is -2.54. The summed E-state index contributed by atoms with van der Waals surface area (Å²) in [6, 6.07) is 22.3. The first-order valence-electron chi connectivity index (χ1n) is 42.7. The number of aryl methyl sites for hydroxylation is 4. The average molecular weight is 1830 g/mol. The summed E-state index contributed by atoms with van der Waals surface area (Å²) < 4.78 is 124. The van der Waals surface area contributed by atoms with Gasteiger partial charge in [-0.05, 0) is 216 Å². The van der Waals surface area contributed by atoms with Crippen LogP contribution in [0.25, 0.3) is 0 Å². The maximum absolute atomic E-state index is 14.5. The molecule has 119 heavy (non-hydrogen) atoms. The molecule has 6 atom stereocenters. The molecule has 11 aliphatic rings. The van der Waals surface area contributed by atoms with E-state index < -0.39 is 30.1 Å². The Morgan fingerprint density at radius 2 is 0.756 bits per heavy atom. The molecule has 8 aliphatic heterocycles. The van der Waals surface area contributed by atoms with Gasteiger partial charge in [0.1, 0.15) is 35.9 Å². The van der Waals surface area contributed by atoms with Crippen molar-refractivity contribution in [1.29, 1.82) is 0 Å². The number of amides is 2. The molecule has 0 spiro atoms. The lowest BCUT2D eigenvalue weighted by molar-refractivity contribution is -0.120. The minimum absolute atomic E-state index is 0. The standard InChI is InChI=1S/C33H47FN6O3S.2C20H30FN3O2S.C12H15N3O2.B2.2BrH/c1-23-21-38(33(4)12-16-37(17-13-33)32(41)30-24(2)35-22-36-25(30)3)18-19-40(23)31(27-6-5-7-28(34)20-27)26-10-14-39(15-11-26)44(42,43)29-8-9-29;2*1-15-14-22-9-12-24(15)20(17-3-2-4-18(21)13-17)16-7-10-23(11-8-16)27(25,26)19-5-6-19;1-8-11(9(2)14-7-13-8)12(17)15-5-3-10(16)4-6-15;1-2;;/h5-7,20,22-23,26,29,31H,8-19,21H2,1-4H3;2*2-4,13,15-16,19-20,22H,5-12,14H2,1H3;7H,3-6H2,1-2H3;;2*1H/t23-,31+;2*15-,20+;;;;/m000..../s1. The van der Waals surface area contributed by atoms with Crippen molar-refractivity contribution in [2.45, 2.75) is 216 Å². The van der Waals surface area contributed by atoms with Gasteiger partial charge in [0.25, 0.3) is 11.8 Å². The first-order chi connectivity index (χ1) is 56.0. The first-order valence-corrected chi connectivity index (χ1v) is 47.2.